The molecular formula is C27H30N2O3S2. The Morgan fingerprint density at radius 3 is 2.53 bits per heavy atom. The molecule has 34 heavy (non-hydrogen) atoms. The molecule has 2 amide bonds. The maximum absolute atomic E-state index is 12.8. The molecule has 0 aliphatic carbocycles. The van der Waals surface area contributed by atoms with Crippen molar-refractivity contribution < 1.29 is 14.3 Å². The van der Waals surface area contributed by atoms with Crippen LogP contribution < -0.4 is 10.1 Å². The van der Waals surface area contributed by atoms with Gasteiger partial charge in [-0.25, -0.2) is 0 Å². The smallest absolute Gasteiger partial charge is 0.266 e. The highest BCUT2D eigenvalue weighted by Gasteiger charge is 2.31. The van der Waals surface area contributed by atoms with Gasteiger partial charge in [-0.2, -0.15) is 0 Å². The predicted octanol–water partition coefficient (Wildman–Crippen LogP) is 6.43. The Hall–Kier alpha value is -2.90. The van der Waals surface area contributed by atoms with E-state index >= 15 is 0 Å². The predicted molar refractivity (Wildman–Crippen MR) is 145 cm³/mol. The Bertz CT molecular complexity index is 1060. The fourth-order valence-electron chi connectivity index (χ4n) is 3.51. The number of hydrogen-bond acceptors (Lipinski definition) is 5. The molecule has 1 N–H and O–H groups in total. The Morgan fingerprint density at radius 1 is 1.09 bits per heavy atom. The van der Waals surface area contributed by atoms with Gasteiger partial charge < -0.3 is 10.1 Å². The summed E-state index contributed by atoms with van der Waals surface area (Å²) >= 11 is 6.78. The summed E-state index contributed by atoms with van der Waals surface area (Å²) in [5.41, 5.74) is 2.86. The number of allylic oxidation sites excluding steroid dienone is 2. The van der Waals surface area contributed by atoms with E-state index in [1.54, 1.807) is 4.90 Å². The first kappa shape index (κ1) is 25.7. The summed E-state index contributed by atoms with van der Waals surface area (Å²) in [5, 5.41) is 2.90. The van der Waals surface area contributed by atoms with Crippen molar-refractivity contribution in [2.24, 2.45) is 0 Å². The summed E-state index contributed by atoms with van der Waals surface area (Å²) in [4.78, 5) is 27.3. The molecule has 0 bridgehead atoms. The van der Waals surface area contributed by atoms with Crippen molar-refractivity contribution >= 4 is 51.9 Å². The molecule has 5 nitrogen and oxygen atoms in total. The summed E-state index contributed by atoms with van der Waals surface area (Å²) in [5.74, 6) is 0.732. The average molecular weight is 495 g/mol. The van der Waals surface area contributed by atoms with E-state index in [-0.39, 0.29) is 11.8 Å². The third kappa shape index (κ3) is 7.85. The number of benzene rings is 2. The van der Waals surface area contributed by atoms with Crippen LogP contribution >= 0.6 is 24.0 Å². The van der Waals surface area contributed by atoms with Crippen molar-refractivity contribution in [2.75, 3.05) is 18.5 Å². The Morgan fingerprint density at radius 2 is 1.82 bits per heavy atom. The first-order chi connectivity index (χ1) is 16.5. The van der Waals surface area contributed by atoms with Crippen LogP contribution in [-0.2, 0) is 9.59 Å². The summed E-state index contributed by atoms with van der Waals surface area (Å²) < 4.78 is 6.00. The van der Waals surface area contributed by atoms with Gasteiger partial charge in [-0.15, -0.1) is 0 Å². The molecule has 0 aromatic heterocycles. The van der Waals surface area contributed by atoms with Gasteiger partial charge in [0.15, 0.2) is 0 Å². The molecule has 0 radical (unpaired) electrons. The lowest BCUT2D eigenvalue weighted by molar-refractivity contribution is -0.122. The number of amides is 2. The number of carbonyl (C=O) groups excluding carboxylic acids is 2. The quantitative estimate of drug-likeness (QED) is 0.222. The molecule has 0 unspecified atom stereocenters. The number of hydrogen-bond donors (Lipinski definition) is 1. The molecular weight excluding hydrogens is 464 g/mol. The number of nitrogens with one attached hydrogen (secondary N) is 1. The van der Waals surface area contributed by atoms with E-state index in [0.717, 1.165) is 41.8 Å². The number of ether oxygens (including phenoxy) is 1. The van der Waals surface area contributed by atoms with Crippen molar-refractivity contribution in [2.45, 2.75) is 39.5 Å². The minimum Gasteiger partial charge on any atom is -0.494 e. The van der Waals surface area contributed by atoms with E-state index in [1.165, 1.54) is 11.8 Å². The van der Waals surface area contributed by atoms with Crippen LogP contribution in [0.3, 0.4) is 0 Å². The number of rotatable bonds is 11. The highest BCUT2D eigenvalue weighted by atomic mass is 32.2. The third-order valence-electron chi connectivity index (χ3n) is 5.16. The molecule has 2 aromatic rings. The molecule has 7 heteroatoms. The Kier molecular flexibility index (Phi) is 9.91. The summed E-state index contributed by atoms with van der Waals surface area (Å²) in [6, 6.07) is 17.4. The van der Waals surface area contributed by atoms with Crippen molar-refractivity contribution in [1.29, 1.82) is 0 Å². The second-order valence-electron chi connectivity index (χ2n) is 7.95. The zero-order valence-corrected chi connectivity index (χ0v) is 21.2. The van der Waals surface area contributed by atoms with E-state index in [0.29, 0.717) is 28.8 Å². The second-order valence-corrected chi connectivity index (χ2v) is 9.62. The first-order valence-electron chi connectivity index (χ1n) is 11.5. The Labute approximate surface area is 211 Å². The monoisotopic (exact) mass is 494 g/mol. The van der Waals surface area contributed by atoms with Crippen LogP contribution in [0.2, 0.25) is 0 Å². The summed E-state index contributed by atoms with van der Waals surface area (Å²) in [6.07, 6.45) is 6.79. The number of carbonyl (C=O) groups is 2. The molecule has 0 saturated carbocycles. The number of thioether (sulfide) groups is 1. The average Bonchev–Trinajstić information content (AvgIpc) is 3.08. The molecule has 1 fully saturated rings. The van der Waals surface area contributed by atoms with Crippen LogP contribution in [0.5, 0.6) is 5.75 Å². The maximum Gasteiger partial charge on any atom is 0.266 e. The normalized spacial score (nSPS) is 15.2. The van der Waals surface area contributed by atoms with Crippen molar-refractivity contribution in [3.8, 4) is 5.75 Å². The van der Waals surface area contributed by atoms with Crippen LogP contribution in [0, 0.1) is 0 Å². The second kappa shape index (κ2) is 13.1. The van der Waals surface area contributed by atoms with E-state index in [4.69, 9.17) is 17.0 Å². The van der Waals surface area contributed by atoms with Gasteiger partial charge in [-0.1, -0.05) is 66.8 Å². The minimum absolute atomic E-state index is 0.0154. The van der Waals surface area contributed by atoms with Crippen LogP contribution in [0.25, 0.3) is 6.08 Å². The zero-order valence-electron chi connectivity index (χ0n) is 19.6. The van der Waals surface area contributed by atoms with Gasteiger partial charge in [0.05, 0.1) is 11.5 Å². The van der Waals surface area contributed by atoms with E-state index < -0.39 is 0 Å². The molecule has 3 rings (SSSR count). The van der Waals surface area contributed by atoms with Crippen molar-refractivity contribution in [3.63, 3.8) is 0 Å². The third-order valence-corrected chi connectivity index (χ3v) is 6.54. The lowest BCUT2D eigenvalue weighted by Crippen LogP contribution is -2.29. The molecule has 1 heterocycles. The van der Waals surface area contributed by atoms with Crippen molar-refractivity contribution in [1.82, 2.24) is 4.90 Å². The molecule has 178 valence electrons. The first-order valence-corrected chi connectivity index (χ1v) is 12.7. The highest BCUT2D eigenvalue weighted by molar-refractivity contribution is 8.26. The molecule has 0 atom stereocenters. The van der Waals surface area contributed by atoms with Gasteiger partial charge >= 0.3 is 0 Å². The van der Waals surface area contributed by atoms with E-state index in [9.17, 15) is 9.59 Å². The van der Waals surface area contributed by atoms with Crippen LogP contribution in [0.4, 0.5) is 5.69 Å². The van der Waals surface area contributed by atoms with Gasteiger partial charge in [0.1, 0.15) is 10.1 Å². The van der Waals surface area contributed by atoms with Crippen LogP contribution in [0.1, 0.15) is 45.1 Å². The maximum atomic E-state index is 12.8. The Balaban J connectivity index is 1.40. The lowest BCUT2D eigenvalue weighted by atomic mass is 10.1. The fourth-order valence-corrected chi connectivity index (χ4v) is 4.87. The number of unbranched alkanes of at least 4 members (excludes halogenated alkanes) is 2. The van der Waals surface area contributed by atoms with Crippen LogP contribution in [0.15, 0.2) is 71.2 Å². The fraction of sp³-hybridized carbons (Fsp3) is 0.296. The van der Waals surface area contributed by atoms with Gasteiger partial charge in [0, 0.05) is 18.7 Å². The number of nitrogens with zero attached hydrogens (tertiary/aromatic N) is 1. The van der Waals surface area contributed by atoms with E-state index in [2.05, 4.69) is 5.32 Å². The van der Waals surface area contributed by atoms with Crippen LogP contribution in [-0.4, -0.2) is 34.2 Å². The van der Waals surface area contributed by atoms with Gasteiger partial charge in [-0.3, -0.25) is 14.5 Å². The van der Waals surface area contributed by atoms with Gasteiger partial charge in [-0.05, 0) is 68.2 Å². The number of anilines is 1. The minimum atomic E-state index is -0.0379. The molecule has 0 spiro atoms. The molecule has 2 aromatic carbocycles. The lowest BCUT2D eigenvalue weighted by Gasteiger charge is -2.14. The SMILES string of the molecule is CCOc1ccc(NC(=O)CCCCCN2C(=O)/C(=C/C(C)=C/c3ccccc3)SC2=S)cc1. The topological polar surface area (TPSA) is 58.6 Å². The van der Waals surface area contributed by atoms with E-state index in [1.807, 2.05) is 80.6 Å². The summed E-state index contributed by atoms with van der Waals surface area (Å²) in [7, 11) is 0. The molecule has 1 aliphatic heterocycles. The largest absolute Gasteiger partial charge is 0.494 e. The standard InChI is InChI=1S/C27H30N2O3S2/c1-3-32-23-15-13-22(14-16-23)28-25(30)12-8-5-9-17-29-26(31)24(34-27(29)33)19-20(2)18-21-10-6-4-7-11-21/h4,6-7,10-11,13-16,18-19H,3,5,8-9,12,17H2,1-2H3,(H,28,30)/b20-18+,24-19-. The number of thiocarbonyl (C=S) groups is 1. The van der Waals surface area contributed by atoms with Gasteiger partial charge in [0.25, 0.3) is 5.91 Å². The highest BCUT2D eigenvalue weighted by Crippen LogP contribution is 2.32. The van der Waals surface area contributed by atoms with Gasteiger partial charge in [0.2, 0.25) is 5.91 Å². The van der Waals surface area contributed by atoms with Crippen molar-refractivity contribution in [3.05, 3.63) is 76.7 Å². The zero-order chi connectivity index (χ0) is 24.3. The molecule has 1 aliphatic rings. The summed E-state index contributed by atoms with van der Waals surface area (Å²) in [6.45, 7) is 5.10. The molecule has 1 saturated heterocycles.